The van der Waals surface area contributed by atoms with Crippen LogP contribution in [-0.4, -0.2) is 15.0 Å². The SMILES string of the molecule is Fc1cccc(-c2ccnc(-c3ccccn3)n2)c1F. The second kappa shape index (κ2) is 5.13. The predicted octanol–water partition coefficient (Wildman–Crippen LogP) is 3.48. The molecule has 20 heavy (non-hydrogen) atoms. The fourth-order valence-electron chi connectivity index (χ4n) is 1.83. The maximum absolute atomic E-state index is 13.8. The summed E-state index contributed by atoms with van der Waals surface area (Å²) < 4.78 is 27.0. The van der Waals surface area contributed by atoms with Gasteiger partial charge in [0.2, 0.25) is 0 Å². The summed E-state index contributed by atoms with van der Waals surface area (Å²) in [6.45, 7) is 0. The van der Waals surface area contributed by atoms with Crippen LogP contribution in [-0.2, 0) is 0 Å². The minimum Gasteiger partial charge on any atom is -0.253 e. The number of nitrogens with zero attached hydrogens (tertiary/aromatic N) is 3. The van der Waals surface area contributed by atoms with E-state index in [0.717, 1.165) is 6.07 Å². The van der Waals surface area contributed by atoms with Crippen LogP contribution < -0.4 is 0 Å². The number of rotatable bonds is 2. The quantitative estimate of drug-likeness (QED) is 0.715. The Kier molecular flexibility index (Phi) is 3.16. The Hall–Kier alpha value is -2.69. The van der Waals surface area contributed by atoms with Crippen molar-refractivity contribution in [2.24, 2.45) is 0 Å². The van der Waals surface area contributed by atoms with Gasteiger partial charge in [0, 0.05) is 18.0 Å². The van der Waals surface area contributed by atoms with Crippen molar-refractivity contribution in [2.45, 2.75) is 0 Å². The van der Waals surface area contributed by atoms with E-state index in [0.29, 0.717) is 17.2 Å². The standard InChI is InChI=1S/C15H9F2N3/c16-11-5-3-4-10(14(11)17)12-7-9-19-15(20-12)13-6-1-2-8-18-13/h1-9H. The second-order valence-corrected chi connectivity index (χ2v) is 4.08. The van der Waals surface area contributed by atoms with Gasteiger partial charge in [0.15, 0.2) is 17.5 Å². The maximum Gasteiger partial charge on any atom is 0.178 e. The molecule has 0 aliphatic heterocycles. The van der Waals surface area contributed by atoms with Crippen LogP contribution in [0.2, 0.25) is 0 Å². The normalized spacial score (nSPS) is 10.5. The molecule has 0 saturated heterocycles. The Bertz CT molecular complexity index is 745. The molecule has 0 amide bonds. The molecule has 3 aromatic rings. The van der Waals surface area contributed by atoms with Gasteiger partial charge in [0.25, 0.3) is 0 Å². The molecule has 5 heteroatoms. The molecule has 0 saturated carbocycles. The van der Waals surface area contributed by atoms with Gasteiger partial charge in [-0.05, 0) is 30.3 Å². The zero-order chi connectivity index (χ0) is 13.9. The van der Waals surface area contributed by atoms with E-state index in [1.54, 1.807) is 24.4 Å². The van der Waals surface area contributed by atoms with E-state index < -0.39 is 11.6 Å². The van der Waals surface area contributed by atoms with E-state index in [1.165, 1.54) is 24.4 Å². The number of hydrogen-bond acceptors (Lipinski definition) is 3. The molecule has 0 unspecified atom stereocenters. The molecule has 2 aromatic heterocycles. The lowest BCUT2D eigenvalue weighted by molar-refractivity contribution is 0.511. The molecular weight excluding hydrogens is 260 g/mol. The summed E-state index contributed by atoms with van der Waals surface area (Å²) in [4.78, 5) is 12.5. The van der Waals surface area contributed by atoms with Crippen molar-refractivity contribution in [3.05, 3.63) is 66.5 Å². The molecule has 98 valence electrons. The van der Waals surface area contributed by atoms with Crippen molar-refractivity contribution in [1.82, 2.24) is 15.0 Å². The van der Waals surface area contributed by atoms with Crippen LogP contribution in [0.3, 0.4) is 0 Å². The summed E-state index contributed by atoms with van der Waals surface area (Å²) >= 11 is 0. The average molecular weight is 269 g/mol. The summed E-state index contributed by atoms with van der Waals surface area (Å²) in [5.74, 6) is -1.45. The highest BCUT2D eigenvalue weighted by Crippen LogP contribution is 2.23. The van der Waals surface area contributed by atoms with Crippen LogP contribution in [0.5, 0.6) is 0 Å². The predicted molar refractivity (Wildman–Crippen MR) is 70.6 cm³/mol. The fraction of sp³-hybridized carbons (Fsp3) is 0. The van der Waals surface area contributed by atoms with Gasteiger partial charge >= 0.3 is 0 Å². The summed E-state index contributed by atoms with van der Waals surface area (Å²) in [5.41, 5.74) is 0.994. The third-order valence-electron chi connectivity index (χ3n) is 2.78. The van der Waals surface area contributed by atoms with Crippen molar-refractivity contribution in [1.29, 1.82) is 0 Å². The first kappa shape index (κ1) is 12.3. The number of aromatic nitrogens is 3. The molecule has 3 rings (SSSR count). The lowest BCUT2D eigenvalue weighted by Crippen LogP contribution is -1.96. The van der Waals surface area contributed by atoms with Gasteiger partial charge in [-0.3, -0.25) is 4.98 Å². The number of benzene rings is 1. The summed E-state index contributed by atoms with van der Waals surface area (Å²) in [6.07, 6.45) is 3.12. The van der Waals surface area contributed by atoms with Crippen molar-refractivity contribution < 1.29 is 8.78 Å². The van der Waals surface area contributed by atoms with Crippen LogP contribution in [0, 0.1) is 11.6 Å². The monoisotopic (exact) mass is 269 g/mol. The zero-order valence-corrected chi connectivity index (χ0v) is 10.3. The van der Waals surface area contributed by atoms with Crippen LogP contribution in [0.1, 0.15) is 0 Å². The Labute approximate surface area is 114 Å². The van der Waals surface area contributed by atoms with E-state index in [-0.39, 0.29) is 5.56 Å². The van der Waals surface area contributed by atoms with E-state index in [9.17, 15) is 8.78 Å². The molecule has 1 aromatic carbocycles. The van der Waals surface area contributed by atoms with Gasteiger partial charge < -0.3 is 0 Å². The Balaban J connectivity index is 2.10. The van der Waals surface area contributed by atoms with Gasteiger partial charge in [-0.2, -0.15) is 0 Å². The van der Waals surface area contributed by atoms with Crippen molar-refractivity contribution >= 4 is 0 Å². The first-order valence-electron chi connectivity index (χ1n) is 5.94. The summed E-state index contributed by atoms with van der Waals surface area (Å²) in [6, 6.07) is 10.9. The molecule has 2 heterocycles. The molecule has 0 atom stereocenters. The first-order chi connectivity index (χ1) is 9.75. The lowest BCUT2D eigenvalue weighted by Gasteiger charge is -2.05. The first-order valence-corrected chi connectivity index (χ1v) is 5.94. The van der Waals surface area contributed by atoms with Gasteiger partial charge in [-0.1, -0.05) is 12.1 Å². The maximum atomic E-state index is 13.8. The Morgan fingerprint density at radius 3 is 2.45 bits per heavy atom. The van der Waals surface area contributed by atoms with Crippen LogP contribution >= 0.6 is 0 Å². The van der Waals surface area contributed by atoms with Crippen molar-refractivity contribution in [3.8, 4) is 22.8 Å². The third kappa shape index (κ3) is 2.25. The van der Waals surface area contributed by atoms with Gasteiger partial charge in [-0.15, -0.1) is 0 Å². The smallest absolute Gasteiger partial charge is 0.178 e. The molecule has 0 bridgehead atoms. The van der Waals surface area contributed by atoms with Crippen LogP contribution in [0.15, 0.2) is 54.9 Å². The Morgan fingerprint density at radius 1 is 0.750 bits per heavy atom. The molecule has 0 N–H and O–H groups in total. The zero-order valence-electron chi connectivity index (χ0n) is 10.3. The highest BCUT2D eigenvalue weighted by atomic mass is 19.2. The third-order valence-corrected chi connectivity index (χ3v) is 2.78. The minimum absolute atomic E-state index is 0.101. The van der Waals surface area contributed by atoms with E-state index in [1.807, 2.05) is 0 Å². The highest BCUT2D eigenvalue weighted by Gasteiger charge is 2.12. The average Bonchev–Trinajstić information content (AvgIpc) is 2.51. The van der Waals surface area contributed by atoms with E-state index in [2.05, 4.69) is 15.0 Å². The van der Waals surface area contributed by atoms with Gasteiger partial charge in [0.05, 0.1) is 5.69 Å². The molecule has 3 nitrogen and oxygen atoms in total. The minimum atomic E-state index is -0.918. The fourth-order valence-corrected chi connectivity index (χ4v) is 1.83. The van der Waals surface area contributed by atoms with E-state index >= 15 is 0 Å². The molecule has 0 spiro atoms. The topological polar surface area (TPSA) is 38.7 Å². The van der Waals surface area contributed by atoms with Crippen LogP contribution in [0.4, 0.5) is 8.78 Å². The molecule has 0 fully saturated rings. The largest absolute Gasteiger partial charge is 0.253 e. The molecule has 0 aliphatic rings. The van der Waals surface area contributed by atoms with Crippen molar-refractivity contribution in [3.63, 3.8) is 0 Å². The van der Waals surface area contributed by atoms with Gasteiger partial charge in [0.1, 0.15) is 5.69 Å². The number of hydrogen-bond donors (Lipinski definition) is 0. The van der Waals surface area contributed by atoms with Gasteiger partial charge in [-0.25, -0.2) is 18.7 Å². The number of pyridine rings is 1. The number of halogens is 2. The highest BCUT2D eigenvalue weighted by molar-refractivity contribution is 5.62. The lowest BCUT2D eigenvalue weighted by atomic mass is 10.1. The second-order valence-electron chi connectivity index (χ2n) is 4.08. The van der Waals surface area contributed by atoms with E-state index in [4.69, 9.17) is 0 Å². The Morgan fingerprint density at radius 2 is 1.65 bits per heavy atom. The molecular formula is C15H9F2N3. The molecule has 0 aliphatic carbocycles. The summed E-state index contributed by atoms with van der Waals surface area (Å²) in [7, 11) is 0. The van der Waals surface area contributed by atoms with Crippen molar-refractivity contribution in [2.75, 3.05) is 0 Å². The molecule has 0 radical (unpaired) electrons. The van der Waals surface area contributed by atoms with Crippen LogP contribution in [0.25, 0.3) is 22.8 Å². The summed E-state index contributed by atoms with van der Waals surface area (Å²) in [5, 5.41) is 0.